The van der Waals surface area contributed by atoms with Crippen LogP contribution in [0.15, 0.2) is 91.6 Å². The summed E-state index contributed by atoms with van der Waals surface area (Å²) in [4.78, 5) is 17.0. The molecule has 0 aliphatic carbocycles. The molecule has 0 aliphatic rings. The Morgan fingerprint density at radius 3 is 2.65 bits per heavy atom. The van der Waals surface area contributed by atoms with E-state index in [-0.39, 0.29) is 5.82 Å². The molecule has 4 heterocycles. The van der Waals surface area contributed by atoms with Gasteiger partial charge >= 0.3 is 0 Å². The summed E-state index contributed by atoms with van der Waals surface area (Å²) < 4.78 is 13.5. The molecular formula is C29H26FN7. The van der Waals surface area contributed by atoms with Crippen LogP contribution in [0.25, 0.3) is 50.4 Å². The second-order valence-electron chi connectivity index (χ2n) is 8.53. The predicted octanol–water partition coefficient (Wildman–Crippen LogP) is 6.69. The summed E-state index contributed by atoms with van der Waals surface area (Å²) in [5.74, 6) is 0.306. The maximum atomic E-state index is 13.5. The van der Waals surface area contributed by atoms with Gasteiger partial charge in [0.05, 0.1) is 10.9 Å². The lowest BCUT2D eigenvalue weighted by molar-refractivity contribution is 0.628. The molecule has 7 nitrogen and oxygen atoms in total. The van der Waals surface area contributed by atoms with E-state index in [2.05, 4.69) is 43.6 Å². The van der Waals surface area contributed by atoms with Crippen LogP contribution in [0.3, 0.4) is 0 Å². The topological polar surface area (TPSA) is 95.2 Å². The first kappa shape index (κ1) is 23.9. The Labute approximate surface area is 213 Å². The summed E-state index contributed by atoms with van der Waals surface area (Å²) in [7, 11) is 0. The van der Waals surface area contributed by atoms with Crippen molar-refractivity contribution in [3.8, 4) is 22.6 Å². The Morgan fingerprint density at radius 2 is 1.89 bits per heavy atom. The number of pyridine rings is 2. The molecule has 0 amide bonds. The molecule has 0 saturated carbocycles. The average Bonchev–Trinajstić information content (AvgIpc) is 3.53. The second-order valence-corrected chi connectivity index (χ2v) is 8.53. The number of nitrogens with zero attached hydrogens (tertiary/aromatic N) is 4. The molecule has 4 aromatic heterocycles. The molecule has 3 N–H and O–H groups in total. The fourth-order valence-corrected chi connectivity index (χ4v) is 4.04. The van der Waals surface area contributed by atoms with Crippen LogP contribution in [-0.4, -0.2) is 30.1 Å². The van der Waals surface area contributed by atoms with E-state index in [9.17, 15) is 4.39 Å². The van der Waals surface area contributed by atoms with Crippen molar-refractivity contribution in [1.29, 1.82) is 0 Å². The lowest BCUT2D eigenvalue weighted by Crippen LogP contribution is -2.08. The van der Waals surface area contributed by atoms with E-state index in [1.807, 2.05) is 44.2 Å². The Bertz CT molecular complexity index is 1690. The quantitative estimate of drug-likeness (QED) is 0.210. The Hall–Kier alpha value is -4.85. The maximum Gasteiger partial charge on any atom is 0.181 e. The number of hydrogen-bond acceptors (Lipinski definition) is 5. The third kappa shape index (κ3) is 4.81. The highest BCUT2D eigenvalue weighted by Crippen LogP contribution is 2.31. The molecule has 5 rings (SSSR count). The normalized spacial score (nSPS) is 12.0. The minimum absolute atomic E-state index is 0.283. The summed E-state index contributed by atoms with van der Waals surface area (Å²) >= 11 is 0. The number of nitrogens with one attached hydrogen (secondary N) is 3. The van der Waals surface area contributed by atoms with Crippen LogP contribution >= 0.6 is 0 Å². The highest BCUT2D eigenvalue weighted by Gasteiger charge is 2.16. The summed E-state index contributed by atoms with van der Waals surface area (Å²) in [6.45, 7) is 12.0. The van der Waals surface area contributed by atoms with Gasteiger partial charge in [0.2, 0.25) is 0 Å². The van der Waals surface area contributed by atoms with E-state index in [0.29, 0.717) is 22.8 Å². The molecule has 0 atom stereocenters. The maximum absolute atomic E-state index is 13.5. The zero-order chi connectivity index (χ0) is 25.9. The van der Waals surface area contributed by atoms with Crippen molar-refractivity contribution in [2.45, 2.75) is 20.3 Å². The molecule has 0 unspecified atom stereocenters. The molecule has 0 aliphatic heterocycles. The average molecular weight is 492 g/mol. The largest absolute Gasteiger partial charge is 0.360 e. The highest BCUT2D eigenvalue weighted by atomic mass is 19.1. The SMILES string of the molecule is C=C(/C=C\C(=C/C)c1cnc2n[nH]c(-c3nc4nccc(-c5ccc(F)cc5)c4[nH]3)c2c1)NC(=C)CC. The minimum atomic E-state index is -0.283. The highest BCUT2D eigenvalue weighted by molar-refractivity contribution is 5.96. The van der Waals surface area contributed by atoms with Gasteiger partial charge in [-0.05, 0) is 54.8 Å². The summed E-state index contributed by atoms with van der Waals surface area (Å²) in [5.41, 5.74) is 7.93. The number of benzene rings is 1. The van der Waals surface area contributed by atoms with Gasteiger partial charge in [-0.2, -0.15) is 5.10 Å². The first-order valence-electron chi connectivity index (χ1n) is 11.9. The molecule has 0 spiro atoms. The zero-order valence-electron chi connectivity index (χ0n) is 20.6. The fraction of sp³-hybridized carbons (Fsp3) is 0.103. The molecule has 37 heavy (non-hydrogen) atoms. The summed E-state index contributed by atoms with van der Waals surface area (Å²) in [6.07, 6.45) is 10.2. The van der Waals surface area contributed by atoms with Crippen LogP contribution in [0.2, 0.25) is 0 Å². The smallest absolute Gasteiger partial charge is 0.181 e. The number of aromatic amines is 2. The molecule has 0 saturated heterocycles. The van der Waals surface area contributed by atoms with Gasteiger partial charge in [0.25, 0.3) is 0 Å². The summed E-state index contributed by atoms with van der Waals surface area (Å²) in [5, 5.41) is 11.4. The van der Waals surface area contributed by atoms with E-state index in [4.69, 9.17) is 4.98 Å². The third-order valence-corrected chi connectivity index (χ3v) is 6.07. The van der Waals surface area contributed by atoms with Gasteiger partial charge in [0.15, 0.2) is 17.1 Å². The van der Waals surface area contributed by atoms with Gasteiger partial charge in [-0.15, -0.1) is 0 Å². The molecule has 0 radical (unpaired) electrons. The van der Waals surface area contributed by atoms with Crippen molar-refractivity contribution in [3.05, 3.63) is 103 Å². The second kappa shape index (κ2) is 10.0. The van der Waals surface area contributed by atoms with Gasteiger partial charge < -0.3 is 10.3 Å². The van der Waals surface area contributed by atoms with Crippen LogP contribution in [0.4, 0.5) is 4.39 Å². The van der Waals surface area contributed by atoms with Crippen LogP contribution in [0.5, 0.6) is 0 Å². The monoisotopic (exact) mass is 491 g/mol. The lowest BCUT2D eigenvalue weighted by atomic mass is 10.1. The van der Waals surface area contributed by atoms with E-state index < -0.39 is 0 Å². The fourth-order valence-electron chi connectivity index (χ4n) is 4.04. The molecular weight excluding hydrogens is 465 g/mol. The van der Waals surface area contributed by atoms with Crippen molar-refractivity contribution >= 4 is 27.8 Å². The molecule has 8 heteroatoms. The van der Waals surface area contributed by atoms with Crippen molar-refractivity contribution in [1.82, 2.24) is 35.5 Å². The number of aromatic nitrogens is 6. The molecule has 0 fully saturated rings. The van der Waals surface area contributed by atoms with Crippen LogP contribution in [0, 0.1) is 5.82 Å². The van der Waals surface area contributed by atoms with Crippen molar-refractivity contribution in [2.24, 2.45) is 0 Å². The predicted molar refractivity (Wildman–Crippen MR) is 147 cm³/mol. The Morgan fingerprint density at radius 1 is 1.08 bits per heavy atom. The Kier molecular flexibility index (Phi) is 6.47. The molecule has 0 bridgehead atoms. The van der Waals surface area contributed by atoms with Gasteiger partial charge in [-0.1, -0.05) is 44.4 Å². The van der Waals surface area contributed by atoms with E-state index in [1.165, 1.54) is 12.1 Å². The number of allylic oxidation sites excluding steroid dienone is 5. The van der Waals surface area contributed by atoms with Crippen molar-refractivity contribution in [2.75, 3.05) is 0 Å². The summed E-state index contributed by atoms with van der Waals surface area (Å²) in [6, 6.07) is 10.3. The number of halogens is 1. The van der Waals surface area contributed by atoms with Gasteiger partial charge in [0, 0.05) is 34.9 Å². The minimum Gasteiger partial charge on any atom is -0.360 e. The standard InChI is InChI=1S/C29H26FN7/c1-5-17(3)33-18(4)7-8-19(6-2)21-15-24-26(36-37-27(24)32-16-21)29-34-25-23(13-14-31-28(25)35-29)20-9-11-22(30)12-10-20/h6-16,33H,3-5H2,1-2H3,(H,31,34,35)(H,32,36,37)/b8-7-,19-6+. The van der Waals surface area contributed by atoms with Gasteiger partial charge in [-0.25, -0.2) is 19.3 Å². The lowest BCUT2D eigenvalue weighted by Gasteiger charge is -2.07. The van der Waals surface area contributed by atoms with Crippen LogP contribution in [0.1, 0.15) is 25.8 Å². The number of rotatable bonds is 8. The first-order chi connectivity index (χ1) is 18.0. The zero-order valence-corrected chi connectivity index (χ0v) is 20.6. The Balaban J connectivity index is 1.52. The number of fused-ring (bicyclic) bond motifs is 2. The van der Waals surface area contributed by atoms with Gasteiger partial charge in [0.1, 0.15) is 11.5 Å². The number of imidazole rings is 1. The molecule has 5 aromatic rings. The van der Waals surface area contributed by atoms with Crippen molar-refractivity contribution < 1.29 is 4.39 Å². The van der Waals surface area contributed by atoms with Crippen molar-refractivity contribution in [3.63, 3.8) is 0 Å². The van der Waals surface area contributed by atoms with E-state index in [0.717, 1.165) is 51.0 Å². The molecule has 1 aromatic carbocycles. The molecule has 184 valence electrons. The van der Waals surface area contributed by atoms with Gasteiger partial charge in [-0.3, -0.25) is 5.10 Å². The first-order valence-corrected chi connectivity index (χ1v) is 11.9. The number of H-pyrrole nitrogens is 2. The van der Waals surface area contributed by atoms with Crippen LogP contribution in [-0.2, 0) is 0 Å². The van der Waals surface area contributed by atoms with Crippen LogP contribution < -0.4 is 5.32 Å². The van der Waals surface area contributed by atoms with E-state index >= 15 is 0 Å². The third-order valence-electron chi connectivity index (χ3n) is 6.07. The number of hydrogen-bond donors (Lipinski definition) is 3. The van der Waals surface area contributed by atoms with E-state index in [1.54, 1.807) is 24.5 Å².